The van der Waals surface area contributed by atoms with Gasteiger partial charge in [-0.25, -0.2) is 9.78 Å². The van der Waals surface area contributed by atoms with Gasteiger partial charge < -0.3 is 10.1 Å². The fourth-order valence-corrected chi connectivity index (χ4v) is 2.44. The number of ketones is 1. The second-order valence-electron chi connectivity index (χ2n) is 4.47. The predicted octanol–water partition coefficient (Wildman–Crippen LogP) is 2.06. The van der Waals surface area contributed by atoms with E-state index < -0.39 is 5.97 Å². The Hall–Kier alpha value is -2.54. The molecule has 0 unspecified atom stereocenters. The molecule has 0 saturated carbocycles. The lowest BCUT2D eigenvalue weighted by Gasteiger charge is -2.05. The van der Waals surface area contributed by atoms with Gasteiger partial charge in [0.1, 0.15) is 5.69 Å². The molecule has 0 aliphatic carbocycles. The van der Waals surface area contributed by atoms with Gasteiger partial charge in [-0.3, -0.25) is 9.59 Å². The lowest BCUT2D eigenvalue weighted by molar-refractivity contribution is 0.0600. The fraction of sp³-hybridized carbons (Fsp3) is 0.200. The first kappa shape index (κ1) is 15.8. The van der Waals surface area contributed by atoms with Crippen molar-refractivity contribution in [3.05, 3.63) is 51.5 Å². The SMILES string of the molecule is COC(=O)c1cccc(CNC(=O)c2csc(C(C)=O)n2)c1. The molecule has 1 heterocycles. The van der Waals surface area contributed by atoms with E-state index in [1.165, 1.54) is 19.4 Å². The van der Waals surface area contributed by atoms with Crippen molar-refractivity contribution < 1.29 is 19.1 Å². The van der Waals surface area contributed by atoms with E-state index in [4.69, 9.17) is 0 Å². The number of methoxy groups -OCH3 is 1. The first-order chi connectivity index (χ1) is 10.5. The average Bonchev–Trinajstić information content (AvgIpc) is 3.02. The maximum atomic E-state index is 12.0. The van der Waals surface area contributed by atoms with Gasteiger partial charge in [0, 0.05) is 18.8 Å². The summed E-state index contributed by atoms with van der Waals surface area (Å²) in [5, 5.41) is 4.54. The van der Waals surface area contributed by atoms with Gasteiger partial charge in [0.05, 0.1) is 12.7 Å². The Morgan fingerprint density at radius 1 is 1.32 bits per heavy atom. The number of carbonyl (C=O) groups is 3. The summed E-state index contributed by atoms with van der Waals surface area (Å²) in [5.74, 6) is -0.971. The lowest BCUT2D eigenvalue weighted by atomic mass is 10.1. The number of benzene rings is 1. The van der Waals surface area contributed by atoms with Crippen LogP contribution in [-0.4, -0.2) is 29.8 Å². The monoisotopic (exact) mass is 318 g/mol. The van der Waals surface area contributed by atoms with Crippen molar-refractivity contribution in [1.29, 1.82) is 0 Å². The summed E-state index contributed by atoms with van der Waals surface area (Å²) < 4.78 is 4.64. The molecule has 0 saturated heterocycles. The van der Waals surface area contributed by atoms with E-state index in [0.717, 1.165) is 16.9 Å². The van der Waals surface area contributed by atoms with Crippen LogP contribution in [0.25, 0.3) is 0 Å². The van der Waals surface area contributed by atoms with E-state index in [1.54, 1.807) is 24.3 Å². The molecule has 7 heteroatoms. The van der Waals surface area contributed by atoms with Crippen LogP contribution in [0, 0.1) is 0 Å². The Labute approximate surface area is 131 Å². The molecule has 2 rings (SSSR count). The number of hydrogen-bond donors (Lipinski definition) is 1. The number of ether oxygens (including phenoxy) is 1. The Balaban J connectivity index is 2.01. The minimum atomic E-state index is -0.432. The maximum absolute atomic E-state index is 12.0. The number of nitrogens with zero attached hydrogens (tertiary/aromatic N) is 1. The van der Waals surface area contributed by atoms with Crippen LogP contribution in [0.15, 0.2) is 29.6 Å². The lowest BCUT2D eigenvalue weighted by Crippen LogP contribution is -2.23. The zero-order valence-electron chi connectivity index (χ0n) is 12.1. The van der Waals surface area contributed by atoms with Gasteiger partial charge >= 0.3 is 5.97 Å². The predicted molar refractivity (Wildman–Crippen MR) is 81.1 cm³/mol. The molecule has 1 aromatic heterocycles. The number of nitrogens with one attached hydrogen (secondary N) is 1. The quantitative estimate of drug-likeness (QED) is 0.674. The van der Waals surface area contributed by atoms with Gasteiger partial charge in [-0.1, -0.05) is 12.1 Å². The van der Waals surface area contributed by atoms with Crippen molar-refractivity contribution in [2.24, 2.45) is 0 Å². The van der Waals surface area contributed by atoms with E-state index in [-0.39, 0.29) is 23.9 Å². The molecule has 0 spiro atoms. The summed E-state index contributed by atoms with van der Waals surface area (Å²) in [4.78, 5) is 38.5. The van der Waals surface area contributed by atoms with Crippen LogP contribution in [0.1, 0.15) is 43.1 Å². The molecule has 0 fully saturated rings. The zero-order valence-corrected chi connectivity index (χ0v) is 12.9. The Kier molecular flexibility index (Phi) is 5.00. The van der Waals surface area contributed by atoms with E-state index in [2.05, 4.69) is 15.0 Å². The van der Waals surface area contributed by atoms with Gasteiger partial charge in [0.15, 0.2) is 10.8 Å². The molecule has 114 valence electrons. The van der Waals surface area contributed by atoms with Crippen LogP contribution < -0.4 is 5.32 Å². The first-order valence-corrected chi connectivity index (χ1v) is 7.31. The normalized spacial score (nSPS) is 10.1. The van der Waals surface area contributed by atoms with Crippen molar-refractivity contribution >= 4 is 29.0 Å². The minimum absolute atomic E-state index is 0.171. The van der Waals surface area contributed by atoms with Gasteiger partial charge in [-0.15, -0.1) is 11.3 Å². The maximum Gasteiger partial charge on any atom is 0.337 e. The van der Waals surface area contributed by atoms with Gasteiger partial charge in [-0.05, 0) is 17.7 Å². The Bertz CT molecular complexity index is 724. The average molecular weight is 318 g/mol. The summed E-state index contributed by atoms with van der Waals surface area (Å²) in [7, 11) is 1.31. The number of Topliss-reactive ketones (excluding diaryl/α,β-unsaturated/α-hetero) is 1. The van der Waals surface area contributed by atoms with Crippen LogP contribution in [-0.2, 0) is 11.3 Å². The Morgan fingerprint density at radius 3 is 2.73 bits per heavy atom. The molecule has 2 aromatic rings. The van der Waals surface area contributed by atoms with Crippen molar-refractivity contribution in [2.45, 2.75) is 13.5 Å². The summed E-state index contributed by atoms with van der Waals surface area (Å²) in [6.07, 6.45) is 0. The molecular formula is C15H14N2O4S. The highest BCUT2D eigenvalue weighted by Gasteiger charge is 2.13. The number of aromatic nitrogens is 1. The topological polar surface area (TPSA) is 85.4 Å². The first-order valence-electron chi connectivity index (χ1n) is 6.43. The third-order valence-electron chi connectivity index (χ3n) is 2.84. The van der Waals surface area contributed by atoms with E-state index >= 15 is 0 Å². The van der Waals surface area contributed by atoms with Gasteiger partial charge in [-0.2, -0.15) is 0 Å². The standard InChI is InChI=1S/C15H14N2O4S/c1-9(18)14-17-12(8-22-14)13(19)16-7-10-4-3-5-11(6-10)15(20)21-2/h3-6,8H,7H2,1-2H3,(H,16,19). The van der Waals surface area contributed by atoms with Gasteiger partial charge in [0.2, 0.25) is 0 Å². The molecule has 0 aliphatic heterocycles. The van der Waals surface area contributed by atoms with Crippen molar-refractivity contribution in [2.75, 3.05) is 7.11 Å². The van der Waals surface area contributed by atoms with Gasteiger partial charge in [0.25, 0.3) is 5.91 Å². The zero-order chi connectivity index (χ0) is 16.1. The second-order valence-corrected chi connectivity index (χ2v) is 5.33. The van der Waals surface area contributed by atoms with E-state index in [9.17, 15) is 14.4 Å². The van der Waals surface area contributed by atoms with Crippen LogP contribution >= 0.6 is 11.3 Å². The van der Waals surface area contributed by atoms with E-state index in [1.807, 2.05) is 0 Å². The summed E-state index contributed by atoms with van der Waals surface area (Å²) in [6.45, 7) is 1.65. The largest absolute Gasteiger partial charge is 0.465 e. The number of esters is 1. The molecule has 1 N–H and O–H groups in total. The van der Waals surface area contributed by atoms with Crippen molar-refractivity contribution in [1.82, 2.24) is 10.3 Å². The molecule has 1 aromatic carbocycles. The molecule has 0 atom stereocenters. The molecule has 0 bridgehead atoms. The molecule has 6 nitrogen and oxygen atoms in total. The van der Waals surface area contributed by atoms with Crippen LogP contribution in [0.3, 0.4) is 0 Å². The number of hydrogen-bond acceptors (Lipinski definition) is 6. The number of amides is 1. The molecular weight excluding hydrogens is 304 g/mol. The molecule has 0 radical (unpaired) electrons. The third kappa shape index (κ3) is 3.76. The second kappa shape index (κ2) is 6.95. The highest BCUT2D eigenvalue weighted by atomic mass is 32.1. The number of rotatable bonds is 5. The highest BCUT2D eigenvalue weighted by Crippen LogP contribution is 2.11. The van der Waals surface area contributed by atoms with Crippen LogP contribution in [0.2, 0.25) is 0 Å². The minimum Gasteiger partial charge on any atom is -0.465 e. The fourth-order valence-electron chi connectivity index (χ4n) is 1.74. The van der Waals surface area contributed by atoms with Crippen molar-refractivity contribution in [3.8, 4) is 0 Å². The number of thiazole rings is 1. The summed E-state index contributed by atoms with van der Waals surface area (Å²) in [6, 6.07) is 6.78. The highest BCUT2D eigenvalue weighted by molar-refractivity contribution is 7.11. The molecule has 1 amide bonds. The molecule has 0 aliphatic rings. The third-order valence-corrected chi connectivity index (χ3v) is 3.78. The summed E-state index contributed by atoms with van der Waals surface area (Å²) >= 11 is 1.13. The van der Waals surface area contributed by atoms with Crippen LogP contribution in [0.5, 0.6) is 0 Å². The summed E-state index contributed by atoms with van der Waals surface area (Å²) in [5.41, 5.74) is 1.39. The number of carbonyl (C=O) groups excluding carboxylic acids is 3. The van der Waals surface area contributed by atoms with Crippen LogP contribution in [0.4, 0.5) is 0 Å². The Morgan fingerprint density at radius 2 is 2.09 bits per heavy atom. The smallest absolute Gasteiger partial charge is 0.337 e. The van der Waals surface area contributed by atoms with Crippen molar-refractivity contribution in [3.63, 3.8) is 0 Å². The van der Waals surface area contributed by atoms with E-state index in [0.29, 0.717) is 10.6 Å². The molecule has 22 heavy (non-hydrogen) atoms.